The lowest BCUT2D eigenvalue weighted by Crippen LogP contribution is -2.31. The number of pyridine rings is 1. The molecule has 2 aromatic heterocycles. The Labute approximate surface area is 121 Å². The van der Waals surface area contributed by atoms with Gasteiger partial charge >= 0.3 is 0 Å². The summed E-state index contributed by atoms with van der Waals surface area (Å²) in [6.45, 7) is 4.16. The maximum absolute atomic E-state index is 12.2. The molecule has 0 radical (unpaired) electrons. The van der Waals surface area contributed by atoms with Gasteiger partial charge in [-0.1, -0.05) is 31.5 Å². The van der Waals surface area contributed by atoms with Crippen molar-refractivity contribution in [1.82, 2.24) is 10.3 Å². The third kappa shape index (κ3) is 3.33. The van der Waals surface area contributed by atoms with E-state index in [1.54, 1.807) is 23.6 Å². The summed E-state index contributed by atoms with van der Waals surface area (Å²) in [5, 5.41) is 5.45. The summed E-state index contributed by atoms with van der Waals surface area (Å²) in [7, 11) is 0. The van der Waals surface area contributed by atoms with Crippen LogP contribution < -0.4 is 5.32 Å². The molecule has 1 amide bonds. The maximum Gasteiger partial charge on any atom is 0.254 e. The van der Waals surface area contributed by atoms with Crippen molar-refractivity contribution in [2.24, 2.45) is 5.92 Å². The highest BCUT2D eigenvalue weighted by Gasteiger charge is 2.21. The largest absolute Gasteiger partial charge is 0.344 e. The second-order valence-corrected chi connectivity index (χ2v) is 5.95. The number of hydrogen-bond acceptors (Lipinski definition) is 3. The number of amides is 1. The van der Waals surface area contributed by atoms with E-state index in [1.807, 2.05) is 17.5 Å². The Morgan fingerprint density at radius 2 is 2.21 bits per heavy atom. The molecule has 1 unspecified atom stereocenters. The normalized spacial score (nSPS) is 12.4. The van der Waals surface area contributed by atoms with Gasteiger partial charge in [0.1, 0.15) is 0 Å². The molecule has 0 aliphatic carbocycles. The maximum atomic E-state index is 12.2. The number of rotatable bonds is 4. The van der Waals surface area contributed by atoms with Gasteiger partial charge < -0.3 is 5.32 Å². The van der Waals surface area contributed by atoms with Gasteiger partial charge in [-0.15, -0.1) is 11.3 Å². The van der Waals surface area contributed by atoms with Gasteiger partial charge in [-0.3, -0.25) is 9.78 Å². The van der Waals surface area contributed by atoms with Gasteiger partial charge in [-0.25, -0.2) is 0 Å². The summed E-state index contributed by atoms with van der Waals surface area (Å²) in [6.07, 6.45) is 3.06. The topological polar surface area (TPSA) is 42.0 Å². The summed E-state index contributed by atoms with van der Waals surface area (Å²) in [5.74, 6) is 0.114. The lowest BCUT2D eigenvalue weighted by atomic mass is 10.0. The van der Waals surface area contributed by atoms with E-state index in [0.717, 1.165) is 4.88 Å². The Bertz CT molecular complexity index is 554. The molecule has 0 aliphatic heterocycles. The van der Waals surface area contributed by atoms with Crippen LogP contribution in [0.15, 0.2) is 36.0 Å². The number of thiophene rings is 1. The van der Waals surface area contributed by atoms with Crippen molar-refractivity contribution >= 4 is 28.8 Å². The molecule has 3 nitrogen and oxygen atoms in total. The van der Waals surface area contributed by atoms with Gasteiger partial charge in [0.05, 0.1) is 16.6 Å². The lowest BCUT2D eigenvalue weighted by Gasteiger charge is -2.21. The monoisotopic (exact) mass is 294 g/mol. The average molecular weight is 295 g/mol. The average Bonchev–Trinajstić information content (AvgIpc) is 2.89. The highest BCUT2D eigenvalue weighted by Crippen LogP contribution is 2.26. The number of carbonyl (C=O) groups is 1. The van der Waals surface area contributed by atoms with Crippen LogP contribution in [-0.4, -0.2) is 10.9 Å². The fourth-order valence-corrected chi connectivity index (χ4v) is 2.94. The van der Waals surface area contributed by atoms with Crippen molar-refractivity contribution in [2.75, 3.05) is 0 Å². The second-order valence-electron chi connectivity index (χ2n) is 4.57. The number of aromatic nitrogens is 1. The standard InChI is InChI=1S/C14H15ClN2OS/c1-9(2)13(12-4-3-7-19-12)17-14(18)10-8-16-6-5-11(10)15/h3-9,13H,1-2H3,(H,17,18). The Balaban J connectivity index is 2.19. The van der Waals surface area contributed by atoms with E-state index in [1.165, 1.54) is 6.20 Å². The molecule has 0 aromatic carbocycles. The molecule has 2 rings (SSSR count). The number of nitrogens with zero attached hydrogens (tertiary/aromatic N) is 1. The summed E-state index contributed by atoms with van der Waals surface area (Å²) in [5.41, 5.74) is 0.409. The van der Waals surface area contributed by atoms with Crippen molar-refractivity contribution in [2.45, 2.75) is 19.9 Å². The van der Waals surface area contributed by atoms with Crippen molar-refractivity contribution in [3.63, 3.8) is 0 Å². The molecule has 5 heteroatoms. The number of nitrogens with one attached hydrogen (secondary N) is 1. The summed E-state index contributed by atoms with van der Waals surface area (Å²) in [6, 6.07) is 5.62. The minimum Gasteiger partial charge on any atom is -0.344 e. The van der Waals surface area contributed by atoms with E-state index in [-0.39, 0.29) is 11.9 Å². The number of hydrogen-bond donors (Lipinski definition) is 1. The van der Waals surface area contributed by atoms with Gasteiger partial charge in [-0.05, 0) is 23.4 Å². The predicted molar refractivity (Wildman–Crippen MR) is 78.6 cm³/mol. The highest BCUT2D eigenvalue weighted by atomic mass is 35.5. The van der Waals surface area contributed by atoms with Crippen LogP contribution in [0.25, 0.3) is 0 Å². The molecule has 0 spiro atoms. The number of carbonyl (C=O) groups excluding carboxylic acids is 1. The van der Waals surface area contributed by atoms with Crippen LogP contribution in [0.3, 0.4) is 0 Å². The summed E-state index contributed by atoms with van der Waals surface area (Å²) in [4.78, 5) is 17.3. The molecule has 0 fully saturated rings. The Morgan fingerprint density at radius 1 is 1.42 bits per heavy atom. The molecule has 1 N–H and O–H groups in total. The molecule has 0 bridgehead atoms. The molecule has 0 saturated heterocycles. The van der Waals surface area contributed by atoms with Crippen molar-refractivity contribution < 1.29 is 4.79 Å². The van der Waals surface area contributed by atoms with Crippen LogP contribution in [0.1, 0.15) is 35.1 Å². The minimum absolute atomic E-state index is 0.0104. The van der Waals surface area contributed by atoms with Crippen LogP contribution in [0.5, 0.6) is 0 Å². The van der Waals surface area contributed by atoms with Crippen LogP contribution >= 0.6 is 22.9 Å². The first-order valence-corrected chi connectivity index (χ1v) is 7.29. The van der Waals surface area contributed by atoms with Crippen LogP contribution in [0, 0.1) is 5.92 Å². The minimum atomic E-state index is -0.190. The molecule has 100 valence electrons. The van der Waals surface area contributed by atoms with Crippen LogP contribution in [0.4, 0.5) is 0 Å². The van der Waals surface area contributed by atoms with E-state index < -0.39 is 0 Å². The molecule has 0 aliphatic rings. The molecule has 1 atom stereocenters. The van der Waals surface area contributed by atoms with E-state index in [0.29, 0.717) is 16.5 Å². The molecule has 0 saturated carbocycles. The first-order valence-electron chi connectivity index (χ1n) is 6.03. The zero-order valence-corrected chi connectivity index (χ0v) is 12.3. The Morgan fingerprint density at radius 3 is 2.79 bits per heavy atom. The molecule has 2 heterocycles. The van der Waals surface area contributed by atoms with Gasteiger partial charge in [0, 0.05) is 17.3 Å². The third-order valence-electron chi connectivity index (χ3n) is 2.82. The second kappa shape index (κ2) is 6.17. The quantitative estimate of drug-likeness (QED) is 0.928. The fraction of sp³-hybridized carbons (Fsp3) is 0.286. The van der Waals surface area contributed by atoms with Crippen molar-refractivity contribution in [3.05, 3.63) is 51.4 Å². The van der Waals surface area contributed by atoms with E-state index in [2.05, 4.69) is 24.1 Å². The molecule has 2 aromatic rings. The predicted octanol–water partition coefficient (Wildman–Crippen LogP) is 3.92. The molecular formula is C14H15ClN2OS. The highest BCUT2D eigenvalue weighted by molar-refractivity contribution is 7.10. The number of halogens is 1. The smallest absolute Gasteiger partial charge is 0.254 e. The van der Waals surface area contributed by atoms with Gasteiger partial charge in [0.25, 0.3) is 5.91 Å². The summed E-state index contributed by atoms with van der Waals surface area (Å²) < 4.78 is 0. The first-order chi connectivity index (χ1) is 9.09. The Hall–Kier alpha value is -1.39. The van der Waals surface area contributed by atoms with Gasteiger partial charge in [0.2, 0.25) is 0 Å². The molecular weight excluding hydrogens is 280 g/mol. The van der Waals surface area contributed by atoms with Gasteiger partial charge in [-0.2, -0.15) is 0 Å². The van der Waals surface area contributed by atoms with E-state index >= 15 is 0 Å². The zero-order chi connectivity index (χ0) is 13.8. The van der Waals surface area contributed by atoms with E-state index in [9.17, 15) is 4.79 Å². The lowest BCUT2D eigenvalue weighted by molar-refractivity contribution is 0.0926. The van der Waals surface area contributed by atoms with Crippen molar-refractivity contribution in [3.8, 4) is 0 Å². The van der Waals surface area contributed by atoms with Crippen molar-refractivity contribution in [1.29, 1.82) is 0 Å². The SMILES string of the molecule is CC(C)C(NC(=O)c1cnccc1Cl)c1cccs1. The van der Waals surface area contributed by atoms with Gasteiger partial charge in [0.15, 0.2) is 0 Å². The fourth-order valence-electron chi connectivity index (χ4n) is 1.80. The Kier molecular flexibility index (Phi) is 4.56. The first kappa shape index (κ1) is 14.0. The molecule has 19 heavy (non-hydrogen) atoms. The third-order valence-corrected chi connectivity index (χ3v) is 4.10. The summed E-state index contributed by atoms with van der Waals surface area (Å²) >= 11 is 7.65. The van der Waals surface area contributed by atoms with Crippen LogP contribution in [-0.2, 0) is 0 Å². The van der Waals surface area contributed by atoms with Crippen LogP contribution in [0.2, 0.25) is 5.02 Å². The zero-order valence-electron chi connectivity index (χ0n) is 10.8. The van der Waals surface area contributed by atoms with E-state index in [4.69, 9.17) is 11.6 Å².